The number of halogens is 1. The van der Waals surface area contributed by atoms with Crippen molar-refractivity contribution in [3.63, 3.8) is 0 Å². The van der Waals surface area contributed by atoms with Crippen LogP contribution in [0.25, 0.3) is 5.57 Å². The molecule has 8 nitrogen and oxygen atoms in total. The Morgan fingerprint density at radius 2 is 1.90 bits per heavy atom. The molecule has 0 aliphatic carbocycles. The first kappa shape index (κ1) is 30.2. The van der Waals surface area contributed by atoms with Crippen LogP contribution in [0, 0.1) is 0 Å². The zero-order valence-corrected chi connectivity index (χ0v) is 25.8. The number of carbonyl (C=O) groups excluding carboxylic acids is 2. The van der Waals surface area contributed by atoms with E-state index in [9.17, 15) is 9.59 Å². The van der Waals surface area contributed by atoms with E-state index in [-0.39, 0.29) is 25.1 Å². The quantitative estimate of drug-likeness (QED) is 0.151. The third kappa shape index (κ3) is 6.68. The first-order chi connectivity index (χ1) is 20.5. The van der Waals surface area contributed by atoms with Gasteiger partial charge in [0.15, 0.2) is 11.5 Å². The van der Waals surface area contributed by atoms with E-state index >= 15 is 0 Å². The smallest absolute Gasteiger partial charge is 0.414 e. The highest BCUT2D eigenvalue weighted by Gasteiger charge is 2.40. The molecule has 0 spiro atoms. The summed E-state index contributed by atoms with van der Waals surface area (Å²) in [6.07, 6.45) is 8.60. The minimum Gasteiger partial charge on any atom is -0.493 e. The van der Waals surface area contributed by atoms with Crippen LogP contribution in [0.4, 0.5) is 10.5 Å². The van der Waals surface area contributed by atoms with Crippen LogP contribution in [-0.2, 0) is 9.47 Å². The third-order valence-corrected chi connectivity index (χ3v) is 8.69. The number of hydrogen-bond acceptors (Lipinski definition) is 6. The average Bonchev–Trinajstić information content (AvgIpc) is 3.42. The van der Waals surface area contributed by atoms with Crippen LogP contribution in [0.5, 0.6) is 11.5 Å². The van der Waals surface area contributed by atoms with Crippen molar-refractivity contribution in [3.8, 4) is 11.5 Å². The van der Waals surface area contributed by atoms with Crippen LogP contribution in [0.15, 0.2) is 55.3 Å². The Morgan fingerprint density at radius 1 is 1.12 bits per heavy atom. The number of fused-ring (bicyclic) bond motifs is 2. The maximum atomic E-state index is 14.0. The molecule has 0 unspecified atom stereocenters. The Hall–Kier alpha value is -3.30. The molecule has 0 bridgehead atoms. The third-order valence-electron chi connectivity index (χ3n) is 8.13. The van der Waals surface area contributed by atoms with Crippen molar-refractivity contribution in [2.24, 2.45) is 0 Å². The molecule has 3 aliphatic heterocycles. The molecule has 1 fully saturated rings. The van der Waals surface area contributed by atoms with Gasteiger partial charge in [-0.25, -0.2) is 4.79 Å². The molecule has 224 valence electrons. The Bertz CT molecular complexity index is 1300. The summed E-state index contributed by atoms with van der Waals surface area (Å²) in [5, 5.41) is 0.953. The van der Waals surface area contributed by atoms with Gasteiger partial charge in [-0.05, 0) is 67.2 Å². The molecule has 3 heterocycles. The molecule has 0 aromatic heterocycles. The number of alkyl halides is 1. The van der Waals surface area contributed by atoms with Gasteiger partial charge in [-0.2, -0.15) is 0 Å². The van der Waals surface area contributed by atoms with Crippen LogP contribution in [-0.4, -0.2) is 68.4 Å². The predicted molar refractivity (Wildman–Crippen MR) is 167 cm³/mol. The Kier molecular flexibility index (Phi) is 10.2. The number of carbonyl (C=O) groups is 2. The normalized spacial score (nSPS) is 18.6. The number of nitrogens with zero attached hydrogens (tertiary/aromatic N) is 2. The first-order valence-electron chi connectivity index (χ1n) is 14.7. The van der Waals surface area contributed by atoms with Crippen molar-refractivity contribution in [2.45, 2.75) is 50.5 Å². The van der Waals surface area contributed by atoms with Gasteiger partial charge in [0.2, 0.25) is 0 Å². The second kappa shape index (κ2) is 14.2. The molecule has 0 saturated carbocycles. The lowest BCUT2D eigenvalue weighted by Gasteiger charge is -2.26. The van der Waals surface area contributed by atoms with Crippen molar-refractivity contribution in [2.75, 3.05) is 50.3 Å². The van der Waals surface area contributed by atoms with E-state index in [1.807, 2.05) is 6.20 Å². The summed E-state index contributed by atoms with van der Waals surface area (Å²) in [7, 11) is 1.55. The number of rotatable bonds is 11. The highest BCUT2D eigenvalue weighted by atomic mass is 79.9. The lowest BCUT2D eigenvalue weighted by atomic mass is 9.90. The number of unbranched alkanes of at least 4 members (excludes halogenated alkanes) is 2. The van der Waals surface area contributed by atoms with Crippen molar-refractivity contribution in [1.82, 2.24) is 4.90 Å². The summed E-state index contributed by atoms with van der Waals surface area (Å²) in [5.74, 6) is 1.27. The average molecular weight is 640 g/mol. The molecule has 3 aliphatic rings. The monoisotopic (exact) mass is 638 g/mol. The molecule has 9 heteroatoms. The molecule has 2 amide bonds. The summed E-state index contributed by atoms with van der Waals surface area (Å²) in [6.45, 7) is 6.14. The maximum Gasteiger partial charge on any atom is 0.414 e. The van der Waals surface area contributed by atoms with Crippen molar-refractivity contribution < 1.29 is 28.5 Å². The molecular formula is C33H39BrN2O6. The van der Waals surface area contributed by atoms with E-state index in [1.165, 1.54) is 11.6 Å². The molecule has 2 aromatic carbocycles. The fraction of sp³-hybridized carbons (Fsp3) is 0.455. The topological polar surface area (TPSA) is 77.5 Å². The van der Waals surface area contributed by atoms with Gasteiger partial charge < -0.3 is 23.8 Å². The van der Waals surface area contributed by atoms with Crippen LogP contribution in [0.3, 0.4) is 0 Å². The fourth-order valence-electron chi connectivity index (χ4n) is 5.85. The van der Waals surface area contributed by atoms with Gasteiger partial charge in [0.05, 0.1) is 37.6 Å². The molecule has 0 N–H and O–H groups in total. The van der Waals surface area contributed by atoms with E-state index in [0.29, 0.717) is 41.7 Å². The minimum atomic E-state index is -0.534. The number of amides is 2. The van der Waals surface area contributed by atoms with Gasteiger partial charge in [0.1, 0.15) is 6.61 Å². The van der Waals surface area contributed by atoms with Crippen LogP contribution < -0.4 is 14.4 Å². The van der Waals surface area contributed by atoms with Crippen LogP contribution in [0.1, 0.15) is 65.9 Å². The zero-order valence-electron chi connectivity index (χ0n) is 24.2. The fourth-order valence-corrected chi connectivity index (χ4v) is 6.25. The van der Waals surface area contributed by atoms with Crippen LogP contribution >= 0.6 is 15.9 Å². The predicted octanol–water partition coefficient (Wildman–Crippen LogP) is 6.93. The lowest BCUT2D eigenvalue weighted by Crippen LogP contribution is -2.41. The number of hydrogen-bond donors (Lipinski definition) is 0. The SMILES string of the molecule is C=CCOC(=O)N1C[C@@H]2CC(c3ccc(C4CCOCC4)cc3)=CN2C(=O)c2cc(OC)c(OCCCCCBr)cc21. The number of benzene rings is 2. The number of anilines is 1. The van der Waals surface area contributed by atoms with E-state index in [0.717, 1.165) is 61.8 Å². The van der Waals surface area contributed by atoms with Gasteiger partial charge in [0, 0.05) is 30.8 Å². The number of methoxy groups -OCH3 is 1. The summed E-state index contributed by atoms with van der Waals surface area (Å²) in [4.78, 5) is 30.6. The Morgan fingerprint density at radius 3 is 2.62 bits per heavy atom. The highest BCUT2D eigenvalue weighted by molar-refractivity contribution is 9.09. The van der Waals surface area contributed by atoms with Crippen molar-refractivity contribution >= 4 is 39.2 Å². The second-order valence-electron chi connectivity index (χ2n) is 10.8. The molecule has 1 atom stereocenters. The highest BCUT2D eigenvalue weighted by Crippen LogP contribution is 2.42. The van der Waals surface area contributed by atoms with E-state index < -0.39 is 6.09 Å². The molecule has 42 heavy (non-hydrogen) atoms. The zero-order chi connectivity index (χ0) is 29.5. The molecule has 2 aromatic rings. The molecule has 1 saturated heterocycles. The minimum absolute atomic E-state index is 0.0725. The van der Waals surface area contributed by atoms with E-state index in [4.69, 9.17) is 18.9 Å². The van der Waals surface area contributed by atoms with Crippen LogP contribution in [0.2, 0.25) is 0 Å². The standard InChI is InChI=1S/C33H39BrN2O6/c1-3-14-42-33(38)36-22-27-18-26(24-9-7-23(8-10-24)25-11-16-40-17-12-25)21-35(27)32(37)28-19-30(39-2)31(20-29(28)36)41-15-6-4-5-13-34/h3,7-10,19-21,25,27H,1,4-6,11-18,22H2,2H3/t27-/m0/s1. The van der Waals surface area contributed by atoms with E-state index in [2.05, 4.69) is 46.8 Å². The Balaban J connectivity index is 1.43. The van der Waals surface area contributed by atoms with Gasteiger partial charge in [-0.15, -0.1) is 0 Å². The van der Waals surface area contributed by atoms with Gasteiger partial charge in [-0.1, -0.05) is 52.9 Å². The van der Waals surface area contributed by atoms with Gasteiger partial charge >= 0.3 is 6.09 Å². The Labute approximate surface area is 256 Å². The first-order valence-corrected chi connectivity index (χ1v) is 15.8. The summed E-state index contributed by atoms with van der Waals surface area (Å²) in [6, 6.07) is 11.8. The van der Waals surface area contributed by atoms with Gasteiger partial charge in [0.25, 0.3) is 5.91 Å². The largest absolute Gasteiger partial charge is 0.493 e. The summed E-state index contributed by atoms with van der Waals surface area (Å²) < 4.78 is 22.7. The second-order valence-corrected chi connectivity index (χ2v) is 11.6. The summed E-state index contributed by atoms with van der Waals surface area (Å²) >= 11 is 3.46. The van der Waals surface area contributed by atoms with Crippen molar-refractivity contribution in [1.29, 1.82) is 0 Å². The van der Waals surface area contributed by atoms with E-state index in [1.54, 1.807) is 29.0 Å². The van der Waals surface area contributed by atoms with Crippen molar-refractivity contribution in [3.05, 3.63) is 71.9 Å². The molecular weight excluding hydrogens is 600 g/mol. The lowest BCUT2D eigenvalue weighted by molar-refractivity contribution is 0.0793. The van der Waals surface area contributed by atoms with Gasteiger partial charge in [-0.3, -0.25) is 9.69 Å². The maximum absolute atomic E-state index is 14.0. The summed E-state index contributed by atoms with van der Waals surface area (Å²) in [5.41, 5.74) is 4.28. The molecule has 5 rings (SSSR count). The molecule has 0 radical (unpaired) electrons. The number of ether oxygens (including phenoxy) is 4.